The van der Waals surface area contributed by atoms with Crippen molar-refractivity contribution in [2.45, 2.75) is 26.4 Å². The second-order valence-electron chi connectivity index (χ2n) is 4.62. The molecule has 0 aliphatic carbocycles. The van der Waals surface area contributed by atoms with Gasteiger partial charge in [0.15, 0.2) is 0 Å². The maximum Gasteiger partial charge on any atom is 0.0963 e. The molecule has 1 N–H and O–H groups in total. The van der Waals surface area contributed by atoms with Crippen LogP contribution in [0.2, 0.25) is 5.02 Å². The quantitative estimate of drug-likeness (QED) is 0.803. The van der Waals surface area contributed by atoms with Crippen molar-refractivity contribution in [1.82, 2.24) is 5.32 Å². The summed E-state index contributed by atoms with van der Waals surface area (Å²) < 4.78 is 5.91. The van der Waals surface area contributed by atoms with E-state index in [1.165, 1.54) is 0 Å². The van der Waals surface area contributed by atoms with E-state index in [9.17, 15) is 0 Å². The third-order valence-corrected chi connectivity index (χ3v) is 3.00. The molecule has 0 spiro atoms. The molecule has 17 heavy (non-hydrogen) atoms. The van der Waals surface area contributed by atoms with Crippen LogP contribution < -0.4 is 5.32 Å². The lowest BCUT2D eigenvalue weighted by Crippen LogP contribution is -2.20. The van der Waals surface area contributed by atoms with E-state index in [2.05, 4.69) is 19.2 Å². The monoisotopic (exact) mass is 255 g/mol. The summed E-state index contributed by atoms with van der Waals surface area (Å²) in [5.74, 6) is 0.663. The van der Waals surface area contributed by atoms with Crippen molar-refractivity contribution in [3.8, 4) is 0 Å². The van der Waals surface area contributed by atoms with Gasteiger partial charge in [-0.3, -0.25) is 0 Å². The summed E-state index contributed by atoms with van der Waals surface area (Å²) in [5, 5.41) is 3.92. The predicted molar refractivity (Wildman–Crippen MR) is 73.5 cm³/mol. The molecule has 0 aliphatic heterocycles. The van der Waals surface area contributed by atoms with Crippen molar-refractivity contribution in [2.24, 2.45) is 5.92 Å². The van der Waals surface area contributed by atoms with E-state index in [-0.39, 0.29) is 6.10 Å². The van der Waals surface area contributed by atoms with Crippen LogP contribution in [-0.4, -0.2) is 20.2 Å². The highest BCUT2D eigenvalue weighted by Gasteiger charge is 2.14. The van der Waals surface area contributed by atoms with Crippen LogP contribution in [0, 0.1) is 5.92 Å². The molecular weight excluding hydrogens is 234 g/mol. The van der Waals surface area contributed by atoms with Gasteiger partial charge >= 0.3 is 0 Å². The molecule has 0 aliphatic rings. The SMILES string of the molecule is CNCC(OCCC(C)C)c1ccccc1Cl. The summed E-state index contributed by atoms with van der Waals surface area (Å²) in [5.41, 5.74) is 1.06. The van der Waals surface area contributed by atoms with Gasteiger partial charge in [-0.05, 0) is 25.5 Å². The van der Waals surface area contributed by atoms with E-state index in [1.54, 1.807) is 0 Å². The topological polar surface area (TPSA) is 21.3 Å². The smallest absolute Gasteiger partial charge is 0.0963 e. The van der Waals surface area contributed by atoms with Gasteiger partial charge in [0.25, 0.3) is 0 Å². The molecule has 0 amide bonds. The first kappa shape index (κ1) is 14.5. The normalized spacial score (nSPS) is 13.0. The number of nitrogens with one attached hydrogen (secondary N) is 1. The Kier molecular flexibility index (Phi) is 6.56. The Labute approximate surface area is 109 Å². The lowest BCUT2D eigenvalue weighted by atomic mass is 10.1. The number of hydrogen-bond donors (Lipinski definition) is 1. The third-order valence-electron chi connectivity index (χ3n) is 2.66. The van der Waals surface area contributed by atoms with Crippen LogP contribution in [0.25, 0.3) is 0 Å². The van der Waals surface area contributed by atoms with Gasteiger partial charge in [0.1, 0.15) is 0 Å². The van der Waals surface area contributed by atoms with E-state index in [0.717, 1.165) is 30.2 Å². The zero-order valence-corrected chi connectivity index (χ0v) is 11.6. The van der Waals surface area contributed by atoms with Crippen LogP contribution in [0.3, 0.4) is 0 Å². The minimum atomic E-state index is 0.0347. The Morgan fingerprint density at radius 1 is 1.29 bits per heavy atom. The molecule has 2 nitrogen and oxygen atoms in total. The zero-order valence-electron chi connectivity index (χ0n) is 10.9. The molecule has 0 bridgehead atoms. The third kappa shape index (κ3) is 5.07. The fourth-order valence-corrected chi connectivity index (χ4v) is 1.88. The highest BCUT2D eigenvalue weighted by molar-refractivity contribution is 6.31. The van der Waals surface area contributed by atoms with Gasteiger partial charge < -0.3 is 10.1 Å². The first-order chi connectivity index (χ1) is 8.15. The molecule has 0 heterocycles. The predicted octanol–water partition coefficient (Wildman–Crippen LogP) is 3.66. The molecule has 0 aromatic heterocycles. The molecule has 0 saturated carbocycles. The summed E-state index contributed by atoms with van der Waals surface area (Å²) in [6.45, 7) is 5.95. The highest BCUT2D eigenvalue weighted by Crippen LogP contribution is 2.25. The van der Waals surface area contributed by atoms with Gasteiger partial charge in [-0.2, -0.15) is 0 Å². The molecule has 1 aromatic carbocycles. The van der Waals surface area contributed by atoms with E-state index >= 15 is 0 Å². The van der Waals surface area contributed by atoms with E-state index in [1.807, 2.05) is 31.3 Å². The van der Waals surface area contributed by atoms with Crippen LogP contribution >= 0.6 is 11.6 Å². The molecule has 1 aromatic rings. The van der Waals surface area contributed by atoms with Crippen molar-refractivity contribution in [3.05, 3.63) is 34.9 Å². The molecule has 96 valence electrons. The van der Waals surface area contributed by atoms with Crippen LogP contribution in [0.1, 0.15) is 31.9 Å². The number of rotatable bonds is 7. The van der Waals surface area contributed by atoms with Gasteiger partial charge in [-0.1, -0.05) is 43.6 Å². The Morgan fingerprint density at radius 3 is 2.59 bits per heavy atom. The molecule has 1 unspecified atom stereocenters. The fraction of sp³-hybridized carbons (Fsp3) is 0.571. The van der Waals surface area contributed by atoms with Gasteiger partial charge in [-0.25, -0.2) is 0 Å². The average molecular weight is 256 g/mol. The van der Waals surface area contributed by atoms with Gasteiger partial charge in [0, 0.05) is 23.7 Å². The van der Waals surface area contributed by atoms with Crippen molar-refractivity contribution < 1.29 is 4.74 Å². The van der Waals surface area contributed by atoms with E-state index in [0.29, 0.717) is 5.92 Å². The number of hydrogen-bond acceptors (Lipinski definition) is 2. The number of benzene rings is 1. The Morgan fingerprint density at radius 2 is 2.00 bits per heavy atom. The molecule has 0 radical (unpaired) electrons. The second kappa shape index (κ2) is 7.70. The minimum Gasteiger partial charge on any atom is -0.372 e. The summed E-state index contributed by atoms with van der Waals surface area (Å²) in [7, 11) is 1.93. The van der Waals surface area contributed by atoms with Gasteiger partial charge in [0.2, 0.25) is 0 Å². The average Bonchev–Trinajstić information content (AvgIpc) is 2.28. The van der Waals surface area contributed by atoms with E-state index < -0.39 is 0 Å². The highest BCUT2D eigenvalue weighted by atomic mass is 35.5. The Bertz CT molecular complexity index is 328. The lowest BCUT2D eigenvalue weighted by Gasteiger charge is -2.19. The minimum absolute atomic E-state index is 0.0347. The number of likely N-dealkylation sites (N-methyl/N-ethyl adjacent to an activating group) is 1. The molecule has 1 atom stereocenters. The zero-order chi connectivity index (χ0) is 12.7. The first-order valence-corrected chi connectivity index (χ1v) is 6.53. The van der Waals surface area contributed by atoms with E-state index in [4.69, 9.17) is 16.3 Å². The van der Waals surface area contributed by atoms with Crippen LogP contribution in [0.15, 0.2) is 24.3 Å². The Balaban J connectivity index is 2.62. The number of ether oxygens (including phenoxy) is 1. The second-order valence-corrected chi connectivity index (χ2v) is 5.03. The first-order valence-electron chi connectivity index (χ1n) is 6.15. The molecule has 1 rings (SSSR count). The van der Waals surface area contributed by atoms with Crippen molar-refractivity contribution in [1.29, 1.82) is 0 Å². The summed E-state index contributed by atoms with van der Waals surface area (Å²) in [6.07, 6.45) is 1.11. The molecule has 0 saturated heterocycles. The maximum atomic E-state index is 6.19. The molecule has 0 fully saturated rings. The van der Waals surface area contributed by atoms with Gasteiger partial charge in [0.05, 0.1) is 6.10 Å². The van der Waals surface area contributed by atoms with Crippen LogP contribution in [-0.2, 0) is 4.74 Å². The van der Waals surface area contributed by atoms with Crippen molar-refractivity contribution in [2.75, 3.05) is 20.2 Å². The molecule has 3 heteroatoms. The molecular formula is C14H22ClNO. The summed E-state index contributed by atoms with van der Waals surface area (Å²) in [6, 6.07) is 7.87. The Hall–Kier alpha value is -0.570. The standard InChI is InChI=1S/C14H22ClNO/c1-11(2)8-9-17-14(10-16-3)12-6-4-5-7-13(12)15/h4-7,11,14,16H,8-10H2,1-3H3. The fourth-order valence-electron chi connectivity index (χ4n) is 1.63. The summed E-state index contributed by atoms with van der Waals surface area (Å²) in [4.78, 5) is 0. The van der Waals surface area contributed by atoms with Gasteiger partial charge in [-0.15, -0.1) is 0 Å². The summed E-state index contributed by atoms with van der Waals surface area (Å²) >= 11 is 6.19. The van der Waals surface area contributed by atoms with Crippen molar-refractivity contribution >= 4 is 11.6 Å². The lowest BCUT2D eigenvalue weighted by molar-refractivity contribution is 0.0471. The van der Waals surface area contributed by atoms with Crippen LogP contribution in [0.4, 0.5) is 0 Å². The maximum absolute atomic E-state index is 6.19. The van der Waals surface area contributed by atoms with Crippen molar-refractivity contribution in [3.63, 3.8) is 0 Å². The largest absolute Gasteiger partial charge is 0.372 e. The number of halogens is 1. The van der Waals surface area contributed by atoms with Crippen LogP contribution in [0.5, 0.6) is 0 Å².